The van der Waals surface area contributed by atoms with E-state index in [2.05, 4.69) is 6.58 Å². The predicted molar refractivity (Wildman–Crippen MR) is 110 cm³/mol. The summed E-state index contributed by atoms with van der Waals surface area (Å²) in [5, 5.41) is 11.2. The zero-order valence-electron chi connectivity index (χ0n) is 16.5. The fraction of sp³-hybridized carbons (Fsp3) is 0.261. The predicted octanol–water partition coefficient (Wildman–Crippen LogP) is 4.88. The normalized spacial score (nSPS) is 18.6. The Morgan fingerprint density at radius 3 is 2.79 bits per heavy atom. The highest BCUT2D eigenvalue weighted by Crippen LogP contribution is 2.47. The van der Waals surface area contributed by atoms with Crippen molar-refractivity contribution in [3.05, 3.63) is 93.0 Å². The van der Waals surface area contributed by atoms with Gasteiger partial charge in [-0.15, -0.1) is 0 Å². The number of fused-ring (bicyclic) bond motifs is 1. The Bertz CT molecular complexity index is 1050. The van der Waals surface area contributed by atoms with E-state index in [1.165, 1.54) is 6.07 Å². The molecular weight excluding hydrogens is 368 g/mol. The number of allylic oxidation sites excluding steroid dienone is 5. The number of non-ortho nitro benzene ring substituents is 1. The summed E-state index contributed by atoms with van der Waals surface area (Å²) in [5.41, 5.74) is 5.97. The van der Waals surface area contributed by atoms with E-state index in [-0.39, 0.29) is 16.6 Å². The number of hydrogen-bond acceptors (Lipinski definition) is 5. The van der Waals surface area contributed by atoms with Crippen molar-refractivity contribution >= 4 is 17.2 Å². The van der Waals surface area contributed by atoms with Crippen molar-refractivity contribution in [1.29, 1.82) is 0 Å². The van der Waals surface area contributed by atoms with Crippen LogP contribution in [0.4, 0.5) is 5.69 Å². The molecular formula is C23H22N2O4. The van der Waals surface area contributed by atoms with Crippen LogP contribution in [0.5, 0.6) is 0 Å². The molecule has 29 heavy (non-hydrogen) atoms. The SMILES string of the molecule is C=C1C(C(=O)OCC)=CC(C2CC2)=C2C(C)=C(c3cccc([N+](=O)[O-])c3)C=CN12. The van der Waals surface area contributed by atoms with Crippen LogP contribution in [0.1, 0.15) is 32.3 Å². The van der Waals surface area contributed by atoms with E-state index in [0.717, 1.165) is 40.8 Å². The van der Waals surface area contributed by atoms with Crippen LogP contribution < -0.4 is 0 Å². The van der Waals surface area contributed by atoms with Gasteiger partial charge in [-0.3, -0.25) is 10.1 Å². The molecule has 0 bridgehead atoms. The van der Waals surface area contributed by atoms with Crippen LogP contribution in [0.2, 0.25) is 0 Å². The van der Waals surface area contributed by atoms with Gasteiger partial charge in [0.1, 0.15) is 0 Å². The van der Waals surface area contributed by atoms with Crippen molar-refractivity contribution in [1.82, 2.24) is 4.90 Å². The maximum atomic E-state index is 12.4. The molecule has 1 aromatic carbocycles. The molecule has 0 saturated heterocycles. The summed E-state index contributed by atoms with van der Waals surface area (Å²) < 4.78 is 5.22. The maximum Gasteiger partial charge on any atom is 0.340 e. The quantitative estimate of drug-likeness (QED) is 0.407. The Morgan fingerprint density at radius 1 is 1.38 bits per heavy atom. The number of nitrogens with zero attached hydrogens (tertiary/aromatic N) is 2. The molecule has 0 N–H and O–H groups in total. The third kappa shape index (κ3) is 3.31. The number of rotatable bonds is 5. The second kappa shape index (κ2) is 7.20. The van der Waals surface area contributed by atoms with Crippen LogP contribution in [-0.4, -0.2) is 22.4 Å². The lowest BCUT2D eigenvalue weighted by molar-refractivity contribution is -0.384. The average molecular weight is 390 g/mol. The van der Waals surface area contributed by atoms with E-state index in [0.29, 0.717) is 23.8 Å². The highest BCUT2D eigenvalue weighted by atomic mass is 16.6. The number of benzene rings is 1. The molecule has 3 aliphatic rings. The van der Waals surface area contributed by atoms with Crippen LogP contribution in [0.3, 0.4) is 0 Å². The van der Waals surface area contributed by atoms with E-state index < -0.39 is 0 Å². The zero-order valence-corrected chi connectivity index (χ0v) is 16.5. The summed E-state index contributed by atoms with van der Waals surface area (Å²) in [4.78, 5) is 25.2. The second-order valence-corrected chi connectivity index (χ2v) is 7.34. The topological polar surface area (TPSA) is 72.7 Å². The molecule has 1 fully saturated rings. The second-order valence-electron chi connectivity index (χ2n) is 7.34. The van der Waals surface area contributed by atoms with Gasteiger partial charge in [0, 0.05) is 18.3 Å². The van der Waals surface area contributed by atoms with Gasteiger partial charge in [-0.25, -0.2) is 4.79 Å². The molecule has 4 rings (SSSR count). The first-order valence-corrected chi connectivity index (χ1v) is 9.68. The molecule has 2 aliphatic heterocycles. The summed E-state index contributed by atoms with van der Waals surface area (Å²) in [7, 11) is 0. The molecule has 148 valence electrons. The molecule has 0 aromatic heterocycles. The van der Waals surface area contributed by atoms with Gasteiger partial charge in [-0.2, -0.15) is 0 Å². The fourth-order valence-electron chi connectivity index (χ4n) is 3.87. The third-order valence-electron chi connectivity index (χ3n) is 5.45. The lowest BCUT2D eigenvalue weighted by Crippen LogP contribution is -2.28. The highest BCUT2D eigenvalue weighted by Gasteiger charge is 2.37. The molecule has 1 aliphatic carbocycles. The molecule has 0 radical (unpaired) electrons. The zero-order chi connectivity index (χ0) is 20.7. The summed E-state index contributed by atoms with van der Waals surface area (Å²) >= 11 is 0. The van der Waals surface area contributed by atoms with E-state index >= 15 is 0 Å². The van der Waals surface area contributed by atoms with Gasteiger partial charge in [0.05, 0.1) is 28.5 Å². The highest BCUT2D eigenvalue weighted by molar-refractivity contribution is 5.95. The molecule has 1 aromatic rings. The number of carbonyl (C=O) groups excluding carboxylic acids is 1. The van der Waals surface area contributed by atoms with Crippen LogP contribution in [0, 0.1) is 16.0 Å². The molecule has 0 atom stereocenters. The molecule has 0 spiro atoms. The molecule has 1 saturated carbocycles. The number of ether oxygens (including phenoxy) is 1. The summed E-state index contributed by atoms with van der Waals surface area (Å²) in [6.45, 7) is 8.23. The average Bonchev–Trinajstić information content (AvgIpc) is 3.54. The van der Waals surface area contributed by atoms with E-state index in [1.807, 2.05) is 36.2 Å². The minimum atomic E-state index is -0.385. The fourth-order valence-corrected chi connectivity index (χ4v) is 3.87. The summed E-state index contributed by atoms with van der Waals surface area (Å²) in [6.07, 6.45) is 7.87. The number of nitro benzene ring substituents is 1. The lowest BCUT2D eigenvalue weighted by atomic mass is 9.88. The third-order valence-corrected chi connectivity index (χ3v) is 5.45. The Labute approximate surface area is 169 Å². The molecule has 6 nitrogen and oxygen atoms in total. The Morgan fingerprint density at radius 2 is 2.14 bits per heavy atom. The molecule has 6 heteroatoms. The molecule has 2 heterocycles. The Hall–Kier alpha value is -3.41. The van der Waals surface area contributed by atoms with Gasteiger partial charge in [0.25, 0.3) is 5.69 Å². The molecule has 0 amide bonds. The standard InChI is InChI=1S/C23H22N2O4/c1-4-29-23(26)20-13-21(16-8-9-16)22-14(2)19(10-11-24(22)15(20)3)17-6-5-7-18(12-17)25(27)28/h5-7,10-13,16H,3-4,8-9H2,1-2H3. The minimum Gasteiger partial charge on any atom is -0.462 e. The van der Waals surface area contributed by atoms with Crippen molar-refractivity contribution in [2.24, 2.45) is 5.92 Å². The van der Waals surface area contributed by atoms with Gasteiger partial charge in [0.15, 0.2) is 0 Å². The van der Waals surface area contributed by atoms with Crippen molar-refractivity contribution in [3.63, 3.8) is 0 Å². The van der Waals surface area contributed by atoms with Gasteiger partial charge < -0.3 is 9.64 Å². The maximum absolute atomic E-state index is 12.4. The number of nitro groups is 1. The number of carbonyl (C=O) groups is 1. The van der Waals surface area contributed by atoms with Crippen molar-refractivity contribution in [3.8, 4) is 0 Å². The number of hydrogen-bond donors (Lipinski definition) is 0. The van der Waals surface area contributed by atoms with Crippen molar-refractivity contribution < 1.29 is 14.5 Å². The van der Waals surface area contributed by atoms with Crippen LogP contribution >= 0.6 is 0 Å². The van der Waals surface area contributed by atoms with E-state index in [4.69, 9.17) is 4.74 Å². The van der Waals surface area contributed by atoms with Gasteiger partial charge >= 0.3 is 5.97 Å². The number of esters is 1. The Balaban J connectivity index is 1.85. The first kappa shape index (κ1) is 18.9. The smallest absolute Gasteiger partial charge is 0.340 e. The monoisotopic (exact) mass is 390 g/mol. The van der Waals surface area contributed by atoms with Crippen LogP contribution in [-0.2, 0) is 9.53 Å². The Kier molecular flexibility index (Phi) is 4.70. The van der Waals surface area contributed by atoms with Gasteiger partial charge in [-0.1, -0.05) is 18.7 Å². The van der Waals surface area contributed by atoms with Crippen LogP contribution in [0.15, 0.2) is 77.3 Å². The lowest BCUT2D eigenvalue weighted by Gasteiger charge is -2.36. The summed E-state index contributed by atoms with van der Waals surface area (Å²) in [6, 6.07) is 6.65. The van der Waals surface area contributed by atoms with E-state index in [1.54, 1.807) is 19.1 Å². The van der Waals surface area contributed by atoms with Crippen molar-refractivity contribution in [2.45, 2.75) is 26.7 Å². The first-order valence-electron chi connectivity index (χ1n) is 9.68. The summed E-state index contributed by atoms with van der Waals surface area (Å²) in [5.74, 6) is 0.0343. The largest absolute Gasteiger partial charge is 0.462 e. The van der Waals surface area contributed by atoms with Crippen molar-refractivity contribution in [2.75, 3.05) is 6.61 Å². The minimum absolute atomic E-state index is 0.0626. The van der Waals surface area contributed by atoms with Gasteiger partial charge in [0.2, 0.25) is 0 Å². The van der Waals surface area contributed by atoms with Crippen LogP contribution in [0.25, 0.3) is 5.57 Å². The van der Waals surface area contributed by atoms with E-state index in [9.17, 15) is 14.9 Å². The molecule has 0 unspecified atom stereocenters. The first-order chi connectivity index (χ1) is 13.9. The van der Waals surface area contributed by atoms with Gasteiger partial charge in [-0.05, 0) is 67.0 Å².